The lowest BCUT2D eigenvalue weighted by Crippen LogP contribution is -2.33. The number of aromatic nitrogens is 3. The lowest BCUT2D eigenvalue weighted by molar-refractivity contribution is -0.138. The number of hydrogen-bond acceptors (Lipinski definition) is 6. The number of amides is 2. The Bertz CT molecular complexity index is 369. The van der Waals surface area contributed by atoms with Crippen LogP contribution < -0.4 is 10.6 Å². The molecule has 1 unspecified atom stereocenters. The maximum atomic E-state index is 11.4. The Balaban J connectivity index is 2.29. The number of carbonyl (C=O) groups is 2. The lowest BCUT2D eigenvalue weighted by atomic mass is 10.0. The number of rotatable bonds is 6. The molecule has 0 aliphatic heterocycles. The van der Waals surface area contributed by atoms with Crippen LogP contribution in [0.25, 0.3) is 0 Å². The predicted molar refractivity (Wildman–Crippen MR) is 60.8 cm³/mol. The molecule has 0 bridgehead atoms. The molecule has 0 aliphatic carbocycles. The second kappa shape index (κ2) is 6.74. The van der Waals surface area contributed by atoms with Gasteiger partial charge in [-0.3, -0.25) is 10.1 Å². The molecule has 0 radical (unpaired) electrons. The summed E-state index contributed by atoms with van der Waals surface area (Å²) in [7, 11) is 0. The minimum absolute atomic E-state index is 0.0388. The van der Waals surface area contributed by atoms with Crippen LogP contribution in [0.4, 0.5) is 9.93 Å². The van der Waals surface area contributed by atoms with Crippen molar-refractivity contribution in [3.63, 3.8) is 0 Å². The molecular formula is C8H13N5O3S. The third kappa shape index (κ3) is 5.20. The van der Waals surface area contributed by atoms with Crippen molar-refractivity contribution < 1.29 is 14.7 Å². The Morgan fingerprint density at radius 3 is 2.82 bits per heavy atom. The Kier molecular flexibility index (Phi) is 5.27. The number of hydrogen-bond donors (Lipinski definition) is 3. The maximum absolute atomic E-state index is 11.4. The van der Waals surface area contributed by atoms with Gasteiger partial charge in [0.05, 0.1) is 0 Å². The summed E-state index contributed by atoms with van der Waals surface area (Å²) in [6, 6.07) is -0.438. The van der Waals surface area contributed by atoms with Gasteiger partial charge in [0.15, 0.2) is 0 Å². The van der Waals surface area contributed by atoms with Crippen molar-refractivity contribution in [1.82, 2.24) is 20.1 Å². The van der Waals surface area contributed by atoms with Gasteiger partial charge in [-0.2, -0.15) is 0 Å². The molecule has 0 aliphatic rings. The van der Waals surface area contributed by atoms with Crippen LogP contribution in [0.5, 0.6) is 0 Å². The largest absolute Gasteiger partial charge is 0.481 e. The lowest BCUT2D eigenvalue weighted by Gasteiger charge is -2.12. The van der Waals surface area contributed by atoms with Crippen LogP contribution >= 0.6 is 11.5 Å². The third-order valence-corrected chi connectivity index (χ3v) is 2.62. The van der Waals surface area contributed by atoms with E-state index < -0.39 is 12.0 Å². The molecule has 0 saturated heterocycles. The van der Waals surface area contributed by atoms with E-state index in [0.717, 1.165) is 11.5 Å². The Labute approximate surface area is 102 Å². The molecule has 9 heteroatoms. The predicted octanol–water partition coefficient (Wildman–Crippen LogP) is 0.555. The first kappa shape index (κ1) is 13.3. The Morgan fingerprint density at radius 1 is 1.53 bits per heavy atom. The number of carboxylic acids is 1. The summed E-state index contributed by atoms with van der Waals surface area (Å²) in [4.78, 5) is 21.9. The molecule has 1 heterocycles. The van der Waals surface area contributed by atoms with Gasteiger partial charge < -0.3 is 10.4 Å². The average Bonchev–Trinajstić information content (AvgIpc) is 2.76. The average molecular weight is 259 g/mol. The highest BCUT2D eigenvalue weighted by Crippen LogP contribution is 2.07. The van der Waals surface area contributed by atoms with Gasteiger partial charge in [0.2, 0.25) is 5.13 Å². The van der Waals surface area contributed by atoms with Crippen molar-refractivity contribution in [3.05, 3.63) is 0 Å². The van der Waals surface area contributed by atoms with Gasteiger partial charge >= 0.3 is 12.0 Å². The van der Waals surface area contributed by atoms with E-state index in [1.165, 1.54) is 0 Å². The van der Waals surface area contributed by atoms with Crippen molar-refractivity contribution >= 4 is 28.7 Å². The summed E-state index contributed by atoms with van der Waals surface area (Å²) >= 11 is 0.964. The van der Waals surface area contributed by atoms with E-state index in [9.17, 15) is 9.59 Å². The maximum Gasteiger partial charge on any atom is 0.321 e. The SMILES string of the molecule is CCC(CNC(=O)Nc1nnns1)CC(=O)O. The zero-order chi connectivity index (χ0) is 12.7. The molecule has 0 spiro atoms. The summed E-state index contributed by atoms with van der Waals surface area (Å²) in [5.41, 5.74) is 0. The normalized spacial score (nSPS) is 11.8. The highest BCUT2D eigenvalue weighted by atomic mass is 32.1. The van der Waals surface area contributed by atoms with Gasteiger partial charge in [0.25, 0.3) is 0 Å². The molecule has 1 aromatic heterocycles. The fraction of sp³-hybridized carbons (Fsp3) is 0.625. The monoisotopic (exact) mass is 259 g/mol. The van der Waals surface area contributed by atoms with Crippen LogP contribution in [0, 0.1) is 5.92 Å². The van der Waals surface area contributed by atoms with Crippen molar-refractivity contribution in [2.24, 2.45) is 5.92 Å². The molecule has 1 rings (SSSR count). The van der Waals surface area contributed by atoms with Crippen LogP contribution in [0.15, 0.2) is 0 Å². The number of urea groups is 1. The van der Waals surface area contributed by atoms with E-state index in [4.69, 9.17) is 5.11 Å². The number of nitrogens with zero attached hydrogens (tertiary/aromatic N) is 3. The summed E-state index contributed by atoms with van der Waals surface area (Å²) < 4.78 is 3.49. The number of anilines is 1. The number of carboxylic acid groups (broad SMARTS) is 1. The highest BCUT2D eigenvalue weighted by Gasteiger charge is 2.13. The van der Waals surface area contributed by atoms with Gasteiger partial charge in [0.1, 0.15) is 0 Å². The van der Waals surface area contributed by atoms with Gasteiger partial charge in [0, 0.05) is 24.5 Å². The number of aliphatic carboxylic acids is 1. The fourth-order valence-electron chi connectivity index (χ4n) is 1.17. The molecule has 0 fully saturated rings. The molecule has 8 nitrogen and oxygen atoms in total. The number of carbonyl (C=O) groups excluding carboxylic acids is 1. The summed E-state index contributed by atoms with van der Waals surface area (Å²) in [5.74, 6) is -0.946. The third-order valence-electron chi connectivity index (χ3n) is 2.11. The van der Waals surface area contributed by atoms with E-state index in [2.05, 4.69) is 25.4 Å². The summed E-state index contributed by atoms with van der Waals surface area (Å²) in [5, 5.41) is 20.8. The minimum Gasteiger partial charge on any atom is -0.481 e. The van der Waals surface area contributed by atoms with Crippen LogP contribution in [-0.4, -0.2) is 38.5 Å². The fourth-order valence-corrected chi connectivity index (χ4v) is 1.53. The van der Waals surface area contributed by atoms with E-state index in [-0.39, 0.29) is 12.3 Å². The molecule has 94 valence electrons. The molecule has 0 aromatic carbocycles. The van der Waals surface area contributed by atoms with Crippen LogP contribution in [0.2, 0.25) is 0 Å². The Morgan fingerprint density at radius 2 is 2.29 bits per heavy atom. The van der Waals surface area contributed by atoms with E-state index >= 15 is 0 Å². The summed E-state index contributed by atoms with van der Waals surface area (Å²) in [6.45, 7) is 2.18. The molecule has 17 heavy (non-hydrogen) atoms. The van der Waals surface area contributed by atoms with Gasteiger partial charge in [-0.25, -0.2) is 4.79 Å². The minimum atomic E-state index is -0.868. The zero-order valence-corrected chi connectivity index (χ0v) is 10.0. The van der Waals surface area contributed by atoms with E-state index in [1.54, 1.807) is 0 Å². The second-order valence-electron chi connectivity index (χ2n) is 3.37. The van der Waals surface area contributed by atoms with E-state index in [0.29, 0.717) is 18.1 Å². The van der Waals surface area contributed by atoms with Gasteiger partial charge in [-0.1, -0.05) is 22.9 Å². The molecular weight excluding hydrogens is 246 g/mol. The zero-order valence-electron chi connectivity index (χ0n) is 9.21. The summed E-state index contributed by atoms with van der Waals surface area (Å²) in [6.07, 6.45) is 0.726. The van der Waals surface area contributed by atoms with Gasteiger partial charge in [-0.05, 0) is 11.1 Å². The molecule has 1 aromatic rings. The Hall–Kier alpha value is -1.77. The van der Waals surface area contributed by atoms with Crippen molar-refractivity contribution in [1.29, 1.82) is 0 Å². The molecule has 0 saturated carbocycles. The topological polar surface area (TPSA) is 117 Å². The molecule has 3 N–H and O–H groups in total. The van der Waals surface area contributed by atoms with Crippen molar-refractivity contribution in [3.8, 4) is 0 Å². The molecule has 2 amide bonds. The standard InChI is InChI=1S/C8H13N5O3S/c1-2-5(3-6(14)15)4-9-7(16)10-8-11-12-13-17-8/h5H,2-4H2,1H3,(H,14,15)(H2,9,10,11,13,16). The van der Waals surface area contributed by atoms with Gasteiger partial charge in [-0.15, -0.1) is 0 Å². The second-order valence-corrected chi connectivity index (χ2v) is 4.11. The van der Waals surface area contributed by atoms with Crippen LogP contribution in [0.3, 0.4) is 0 Å². The highest BCUT2D eigenvalue weighted by molar-refractivity contribution is 7.09. The van der Waals surface area contributed by atoms with Crippen molar-refractivity contribution in [2.75, 3.05) is 11.9 Å². The molecule has 1 atom stereocenters. The smallest absolute Gasteiger partial charge is 0.321 e. The number of nitrogens with one attached hydrogen (secondary N) is 2. The van der Waals surface area contributed by atoms with Crippen LogP contribution in [-0.2, 0) is 4.79 Å². The first-order valence-electron chi connectivity index (χ1n) is 5.03. The van der Waals surface area contributed by atoms with Crippen LogP contribution in [0.1, 0.15) is 19.8 Å². The van der Waals surface area contributed by atoms with E-state index in [1.807, 2.05) is 6.92 Å². The first-order valence-corrected chi connectivity index (χ1v) is 5.80. The quantitative estimate of drug-likeness (QED) is 0.687. The van der Waals surface area contributed by atoms with Crippen molar-refractivity contribution in [2.45, 2.75) is 19.8 Å². The first-order chi connectivity index (χ1) is 8.11.